The Morgan fingerprint density at radius 2 is 1.56 bits per heavy atom. The van der Waals surface area contributed by atoms with E-state index in [1.54, 1.807) is 7.11 Å². The van der Waals surface area contributed by atoms with Gasteiger partial charge >= 0.3 is 0 Å². The molecule has 25 heavy (non-hydrogen) atoms. The number of ether oxygens (including phenoxy) is 1. The van der Waals surface area contributed by atoms with E-state index in [4.69, 9.17) is 10.5 Å². The first-order valence-electron chi connectivity index (χ1n) is 8.98. The average Bonchev–Trinajstić information content (AvgIpc) is 2.66. The Morgan fingerprint density at radius 1 is 0.880 bits per heavy atom. The topological polar surface area (TPSA) is 35.2 Å². The lowest BCUT2D eigenvalue weighted by Crippen LogP contribution is -2.15. The van der Waals surface area contributed by atoms with Crippen LogP contribution in [-0.2, 0) is 6.42 Å². The molecule has 2 N–H and O–H groups in total. The molecule has 3 aromatic carbocycles. The van der Waals surface area contributed by atoms with Gasteiger partial charge in [-0.05, 0) is 46.8 Å². The predicted molar refractivity (Wildman–Crippen MR) is 107 cm³/mol. The van der Waals surface area contributed by atoms with E-state index >= 15 is 0 Å². The standard InChI is InChI=1S/C23H27NO/c1-16(2)17-8-10-18(11-9-17)20(15-24)14-22-21-7-5-4-6-19(21)12-13-23(22)25-3/h4-13,16,20H,14-15,24H2,1-3H3. The van der Waals surface area contributed by atoms with Crippen LogP contribution in [0.2, 0.25) is 0 Å². The molecule has 0 fully saturated rings. The molecule has 1 atom stereocenters. The Morgan fingerprint density at radius 3 is 2.20 bits per heavy atom. The highest BCUT2D eigenvalue weighted by molar-refractivity contribution is 5.87. The monoisotopic (exact) mass is 333 g/mol. The fourth-order valence-corrected chi connectivity index (χ4v) is 3.45. The highest BCUT2D eigenvalue weighted by Crippen LogP contribution is 2.33. The van der Waals surface area contributed by atoms with Gasteiger partial charge in [0.25, 0.3) is 0 Å². The Hall–Kier alpha value is -2.32. The number of hydrogen-bond donors (Lipinski definition) is 1. The van der Waals surface area contributed by atoms with Gasteiger partial charge in [0.1, 0.15) is 5.75 Å². The Bertz CT molecular complexity index is 836. The first-order chi connectivity index (χ1) is 12.1. The van der Waals surface area contributed by atoms with E-state index < -0.39 is 0 Å². The number of hydrogen-bond acceptors (Lipinski definition) is 2. The van der Waals surface area contributed by atoms with Crippen LogP contribution >= 0.6 is 0 Å². The van der Waals surface area contributed by atoms with E-state index in [0.717, 1.165) is 12.2 Å². The zero-order chi connectivity index (χ0) is 17.8. The molecule has 3 aromatic rings. The molecule has 0 amide bonds. The Kier molecular flexibility index (Phi) is 5.40. The van der Waals surface area contributed by atoms with E-state index in [2.05, 4.69) is 74.5 Å². The van der Waals surface area contributed by atoms with E-state index in [1.807, 2.05) is 0 Å². The molecule has 3 rings (SSSR count). The molecule has 0 heterocycles. The highest BCUT2D eigenvalue weighted by Gasteiger charge is 2.16. The van der Waals surface area contributed by atoms with Gasteiger partial charge < -0.3 is 10.5 Å². The summed E-state index contributed by atoms with van der Waals surface area (Å²) < 4.78 is 5.64. The van der Waals surface area contributed by atoms with Crippen LogP contribution in [0.4, 0.5) is 0 Å². The van der Waals surface area contributed by atoms with Crippen molar-refractivity contribution < 1.29 is 4.74 Å². The van der Waals surface area contributed by atoms with Gasteiger partial charge in [0.15, 0.2) is 0 Å². The maximum atomic E-state index is 6.15. The molecular weight excluding hydrogens is 306 g/mol. The summed E-state index contributed by atoms with van der Waals surface area (Å²) in [6.07, 6.45) is 0.877. The largest absolute Gasteiger partial charge is 0.496 e. The van der Waals surface area contributed by atoms with Crippen molar-refractivity contribution in [2.24, 2.45) is 5.73 Å². The molecule has 0 saturated heterocycles. The minimum atomic E-state index is 0.279. The lowest BCUT2D eigenvalue weighted by atomic mass is 9.88. The summed E-state index contributed by atoms with van der Waals surface area (Å²) >= 11 is 0. The minimum absolute atomic E-state index is 0.279. The molecule has 0 aromatic heterocycles. The summed E-state index contributed by atoms with van der Waals surface area (Å²) in [7, 11) is 1.74. The van der Waals surface area contributed by atoms with Crippen molar-refractivity contribution >= 4 is 10.8 Å². The molecule has 0 radical (unpaired) electrons. The molecule has 130 valence electrons. The van der Waals surface area contributed by atoms with Gasteiger partial charge in [0.05, 0.1) is 7.11 Å². The van der Waals surface area contributed by atoms with Gasteiger partial charge in [-0.3, -0.25) is 0 Å². The van der Waals surface area contributed by atoms with E-state index in [1.165, 1.54) is 27.5 Å². The number of fused-ring (bicyclic) bond motifs is 1. The van der Waals surface area contributed by atoms with E-state index in [0.29, 0.717) is 12.5 Å². The zero-order valence-corrected chi connectivity index (χ0v) is 15.3. The summed E-state index contributed by atoms with van der Waals surface area (Å²) in [4.78, 5) is 0. The van der Waals surface area contributed by atoms with E-state index in [-0.39, 0.29) is 5.92 Å². The molecule has 0 bridgehead atoms. The molecule has 0 aliphatic heterocycles. The summed E-state index contributed by atoms with van der Waals surface area (Å²) in [5.74, 6) is 1.76. The van der Waals surface area contributed by atoms with Crippen LogP contribution in [0, 0.1) is 0 Å². The molecular formula is C23H27NO. The fraction of sp³-hybridized carbons (Fsp3) is 0.304. The van der Waals surface area contributed by atoms with Gasteiger partial charge in [-0.15, -0.1) is 0 Å². The molecule has 0 aliphatic rings. The second-order valence-electron chi connectivity index (χ2n) is 6.93. The number of rotatable bonds is 6. The quantitative estimate of drug-likeness (QED) is 0.668. The zero-order valence-electron chi connectivity index (χ0n) is 15.3. The lowest BCUT2D eigenvalue weighted by Gasteiger charge is -2.19. The third kappa shape index (κ3) is 3.69. The molecule has 2 nitrogen and oxygen atoms in total. The molecule has 0 saturated carbocycles. The van der Waals surface area contributed by atoms with Gasteiger partial charge in [0.2, 0.25) is 0 Å². The van der Waals surface area contributed by atoms with Crippen LogP contribution in [-0.4, -0.2) is 13.7 Å². The van der Waals surface area contributed by atoms with Crippen molar-refractivity contribution in [1.29, 1.82) is 0 Å². The number of benzene rings is 3. The van der Waals surface area contributed by atoms with Crippen molar-refractivity contribution in [2.45, 2.75) is 32.1 Å². The fourth-order valence-electron chi connectivity index (χ4n) is 3.45. The van der Waals surface area contributed by atoms with Crippen LogP contribution in [0.25, 0.3) is 10.8 Å². The van der Waals surface area contributed by atoms with Crippen molar-refractivity contribution in [3.05, 3.63) is 77.4 Å². The van der Waals surface area contributed by atoms with Gasteiger partial charge in [0, 0.05) is 11.5 Å². The molecule has 0 aliphatic carbocycles. The normalized spacial score (nSPS) is 12.5. The van der Waals surface area contributed by atoms with Crippen LogP contribution in [0.1, 0.15) is 42.4 Å². The van der Waals surface area contributed by atoms with Crippen LogP contribution in [0.3, 0.4) is 0 Å². The SMILES string of the molecule is COc1ccc2ccccc2c1CC(CN)c1ccc(C(C)C)cc1. The van der Waals surface area contributed by atoms with E-state index in [9.17, 15) is 0 Å². The maximum Gasteiger partial charge on any atom is 0.122 e. The van der Waals surface area contributed by atoms with Gasteiger partial charge in [-0.1, -0.05) is 68.4 Å². The average molecular weight is 333 g/mol. The third-order valence-corrected chi connectivity index (χ3v) is 5.03. The minimum Gasteiger partial charge on any atom is -0.496 e. The van der Waals surface area contributed by atoms with Crippen LogP contribution < -0.4 is 10.5 Å². The first kappa shape index (κ1) is 17.5. The van der Waals surface area contributed by atoms with Gasteiger partial charge in [-0.25, -0.2) is 0 Å². The number of methoxy groups -OCH3 is 1. The lowest BCUT2D eigenvalue weighted by molar-refractivity contribution is 0.409. The van der Waals surface area contributed by atoms with Crippen LogP contribution in [0.15, 0.2) is 60.7 Å². The van der Waals surface area contributed by atoms with Crippen molar-refractivity contribution in [3.63, 3.8) is 0 Å². The summed E-state index contributed by atoms with van der Waals surface area (Å²) in [5, 5.41) is 2.49. The predicted octanol–water partition coefficient (Wildman–Crippen LogP) is 5.26. The summed E-state index contributed by atoms with van der Waals surface area (Å²) in [5.41, 5.74) is 10.0. The van der Waals surface area contributed by atoms with Crippen molar-refractivity contribution in [1.82, 2.24) is 0 Å². The summed E-state index contributed by atoms with van der Waals surface area (Å²) in [6, 6.07) is 21.6. The third-order valence-electron chi connectivity index (χ3n) is 5.03. The smallest absolute Gasteiger partial charge is 0.122 e. The Balaban J connectivity index is 1.97. The molecule has 2 heteroatoms. The van der Waals surface area contributed by atoms with Gasteiger partial charge in [-0.2, -0.15) is 0 Å². The van der Waals surface area contributed by atoms with Crippen LogP contribution in [0.5, 0.6) is 5.75 Å². The summed E-state index contributed by atoms with van der Waals surface area (Å²) in [6.45, 7) is 5.06. The second-order valence-corrected chi connectivity index (χ2v) is 6.93. The maximum absolute atomic E-state index is 6.15. The van der Waals surface area contributed by atoms with Crippen molar-refractivity contribution in [2.75, 3.05) is 13.7 Å². The number of nitrogens with two attached hydrogens (primary N) is 1. The molecule has 1 unspecified atom stereocenters. The highest BCUT2D eigenvalue weighted by atomic mass is 16.5. The Labute approximate surface area is 150 Å². The first-order valence-corrected chi connectivity index (χ1v) is 8.98. The van der Waals surface area contributed by atoms with Crippen molar-refractivity contribution in [3.8, 4) is 5.75 Å². The molecule has 0 spiro atoms. The second kappa shape index (κ2) is 7.71.